The van der Waals surface area contributed by atoms with Gasteiger partial charge in [-0.15, -0.1) is 11.6 Å². The number of carbonyl (C=O) groups is 1. The lowest BCUT2D eigenvalue weighted by atomic mass is 10.1. The molecule has 1 atom stereocenters. The van der Waals surface area contributed by atoms with E-state index >= 15 is 0 Å². The lowest BCUT2D eigenvalue weighted by molar-refractivity contribution is 0.0844. The Morgan fingerprint density at radius 2 is 1.93 bits per heavy atom. The molecule has 1 aromatic carbocycles. The molecule has 0 fully saturated rings. The summed E-state index contributed by atoms with van der Waals surface area (Å²) in [7, 11) is 0. The zero-order valence-electron chi connectivity index (χ0n) is 7.64. The summed E-state index contributed by atoms with van der Waals surface area (Å²) in [6.07, 6.45) is -0.134. The van der Waals surface area contributed by atoms with Gasteiger partial charge >= 0.3 is 0 Å². The highest BCUT2D eigenvalue weighted by atomic mass is 79.9. The van der Waals surface area contributed by atoms with Crippen molar-refractivity contribution < 1.29 is 13.6 Å². The van der Waals surface area contributed by atoms with Gasteiger partial charge in [0.05, 0.1) is 0 Å². The minimum atomic E-state index is -2.17. The van der Waals surface area contributed by atoms with Crippen molar-refractivity contribution in [2.75, 3.05) is 5.88 Å². The van der Waals surface area contributed by atoms with E-state index in [-0.39, 0.29) is 17.9 Å². The van der Waals surface area contributed by atoms with Crippen LogP contribution in [0.15, 0.2) is 24.3 Å². The molecule has 1 aromatic rings. The number of ketones is 1. The van der Waals surface area contributed by atoms with E-state index in [1.165, 1.54) is 12.1 Å². The Bertz CT molecular complexity index is 351. The van der Waals surface area contributed by atoms with Gasteiger partial charge in [-0.25, -0.2) is 8.78 Å². The summed E-state index contributed by atoms with van der Waals surface area (Å²) < 4.78 is 24.0. The fourth-order valence-electron chi connectivity index (χ4n) is 1.04. The molecule has 5 heteroatoms. The van der Waals surface area contributed by atoms with Crippen molar-refractivity contribution in [2.45, 2.75) is 11.0 Å². The van der Waals surface area contributed by atoms with Crippen LogP contribution in [0, 0.1) is 5.82 Å². The summed E-state index contributed by atoms with van der Waals surface area (Å²) in [5.41, 5.74) is 0.112. The molecule has 0 spiro atoms. The van der Waals surface area contributed by atoms with Gasteiger partial charge in [-0.3, -0.25) is 4.79 Å². The van der Waals surface area contributed by atoms with Gasteiger partial charge in [-0.1, -0.05) is 0 Å². The first-order valence-corrected chi connectivity index (χ1v) is 5.54. The fourth-order valence-corrected chi connectivity index (χ4v) is 1.96. The molecule has 0 aliphatic heterocycles. The minimum absolute atomic E-state index is 0.0225. The second-order valence-corrected chi connectivity index (χ2v) is 4.61. The molecule has 15 heavy (non-hydrogen) atoms. The molecule has 0 amide bonds. The molecule has 0 saturated heterocycles. The normalized spacial score (nSPS) is 14.7. The van der Waals surface area contributed by atoms with Crippen LogP contribution in [0.25, 0.3) is 0 Å². The van der Waals surface area contributed by atoms with Crippen LogP contribution in [0.4, 0.5) is 8.78 Å². The molecule has 1 nitrogen and oxygen atoms in total. The van der Waals surface area contributed by atoms with E-state index in [9.17, 15) is 13.6 Å². The van der Waals surface area contributed by atoms with Gasteiger partial charge in [0.15, 0.2) is 0 Å². The molecule has 0 radical (unpaired) electrons. The zero-order chi connectivity index (χ0) is 11.5. The Hall–Kier alpha value is -0.480. The third-order valence-corrected chi connectivity index (χ3v) is 2.79. The van der Waals surface area contributed by atoms with Crippen LogP contribution in [0.5, 0.6) is 0 Å². The highest BCUT2D eigenvalue weighted by Crippen LogP contribution is 2.29. The summed E-state index contributed by atoms with van der Waals surface area (Å²) in [5, 5.41) is 0. The Morgan fingerprint density at radius 1 is 1.40 bits per heavy atom. The molecule has 1 unspecified atom stereocenters. The van der Waals surface area contributed by atoms with Gasteiger partial charge in [-0.05, 0) is 40.2 Å². The standard InChI is InChI=1S/C10H8BrClF2O/c11-10(14,5-6-12)9(15)7-1-3-8(13)4-2-7/h1-4H,5-6H2. The largest absolute Gasteiger partial charge is 0.290 e. The molecule has 0 N–H and O–H groups in total. The van der Waals surface area contributed by atoms with Crippen molar-refractivity contribution in [1.82, 2.24) is 0 Å². The van der Waals surface area contributed by atoms with Crippen LogP contribution in [0.3, 0.4) is 0 Å². The van der Waals surface area contributed by atoms with E-state index in [0.717, 1.165) is 12.1 Å². The summed E-state index contributed by atoms with van der Waals surface area (Å²) in [5.74, 6) is -1.19. The van der Waals surface area contributed by atoms with Crippen LogP contribution in [-0.4, -0.2) is 16.2 Å². The van der Waals surface area contributed by atoms with Crippen molar-refractivity contribution in [3.8, 4) is 0 Å². The predicted molar refractivity (Wildman–Crippen MR) is 58.8 cm³/mol. The molecule has 1 rings (SSSR count). The molecule has 0 saturated carbocycles. The first kappa shape index (κ1) is 12.6. The first-order chi connectivity index (χ1) is 6.97. The van der Waals surface area contributed by atoms with Crippen molar-refractivity contribution in [1.29, 1.82) is 0 Å². The molecule has 0 aliphatic carbocycles. The van der Waals surface area contributed by atoms with Crippen LogP contribution in [-0.2, 0) is 0 Å². The Balaban J connectivity index is 2.89. The molecular weight excluding hydrogens is 289 g/mol. The van der Waals surface area contributed by atoms with Gasteiger partial charge in [0.25, 0.3) is 0 Å². The number of halogens is 4. The summed E-state index contributed by atoms with van der Waals surface area (Å²) in [6.45, 7) is 0. The van der Waals surface area contributed by atoms with Gasteiger partial charge in [0.2, 0.25) is 10.4 Å². The Kier molecular flexibility index (Phi) is 4.22. The zero-order valence-corrected chi connectivity index (χ0v) is 9.99. The van der Waals surface area contributed by atoms with Crippen LogP contribution in [0.2, 0.25) is 0 Å². The number of benzene rings is 1. The molecule has 0 aliphatic rings. The van der Waals surface area contributed by atoms with Crippen molar-refractivity contribution >= 4 is 33.3 Å². The number of hydrogen-bond acceptors (Lipinski definition) is 1. The summed E-state index contributed by atoms with van der Waals surface area (Å²) >= 11 is 8.03. The molecular formula is C10H8BrClF2O. The van der Waals surface area contributed by atoms with Crippen LogP contribution in [0.1, 0.15) is 16.8 Å². The maximum absolute atomic E-state index is 13.7. The fraction of sp³-hybridized carbons (Fsp3) is 0.300. The lowest BCUT2D eigenvalue weighted by Gasteiger charge is -2.15. The monoisotopic (exact) mass is 296 g/mol. The second kappa shape index (κ2) is 5.03. The van der Waals surface area contributed by atoms with E-state index in [4.69, 9.17) is 11.6 Å². The Labute approximate surface area is 99.6 Å². The molecule has 82 valence electrons. The van der Waals surface area contributed by atoms with Gasteiger partial charge < -0.3 is 0 Å². The average Bonchev–Trinajstić information content (AvgIpc) is 2.18. The van der Waals surface area contributed by atoms with Crippen molar-refractivity contribution in [3.05, 3.63) is 35.6 Å². The Morgan fingerprint density at radius 3 is 2.40 bits per heavy atom. The lowest BCUT2D eigenvalue weighted by Crippen LogP contribution is -2.27. The SMILES string of the molecule is O=C(c1ccc(F)cc1)C(F)(Br)CCCl. The summed E-state index contributed by atoms with van der Waals surface area (Å²) in [4.78, 5) is 11.6. The molecule has 0 bridgehead atoms. The minimum Gasteiger partial charge on any atom is -0.290 e. The number of rotatable bonds is 4. The maximum atomic E-state index is 13.7. The van der Waals surface area contributed by atoms with E-state index in [1.54, 1.807) is 0 Å². The van der Waals surface area contributed by atoms with Gasteiger partial charge in [0, 0.05) is 17.9 Å². The van der Waals surface area contributed by atoms with Crippen molar-refractivity contribution in [2.24, 2.45) is 0 Å². The molecule has 0 heterocycles. The third-order valence-electron chi connectivity index (χ3n) is 1.85. The quantitative estimate of drug-likeness (QED) is 0.612. The first-order valence-electron chi connectivity index (χ1n) is 4.21. The van der Waals surface area contributed by atoms with Crippen molar-refractivity contribution in [3.63, 3.8) is 0 Å². The van der Waals surface area contributed by atoms with Crippen LogP contribution >= 0.6 is 27.5 Å². The second-order valence-electron chi connectivity index (χ2n) is 2.98. The van der Waals surface area contributed by atoms with E-state index in [0.29, 0.717) is 0 Å². The van der Waals surface area contributed by atoms with E-state index < -0.39 is 16.2 Å². The van der Waals surface area contributed by atoms with E-state index in [1.807, 2.05) is 0 Å². The number of carbonyl (C=O) groups excluding carboxylic acids is 1. The number of alkyl halides is 3. The van der Waals surface area contributed by atoms with E-state index in [2.05, 4.69) is 15.9 Å². The number of Topliss-reactive ketones (excluding diaryl/α,β-unsaturated/α-hetero) is 1. The topological polar surface area (TPSA) is 17.1 Å². The third kappa shape index (κ3) is 3.24. The molecule has 0 aromatic heterocycles. The maximum Gasteiger partial charge on any atom is 0.228 e. The average molecular weight is 298 g/mol. The summed E-state index contributed by atoms with van der Waals surface area (Å²) in [6, 6.07) is 4.69. The predicted octanol–water partition coefficient (Wildman–Crippen LogP) is 3.70. The van der Waals surface area contributed by atoms with Gasteiger partial charge in [0.1, 0.15) is 5.82 Å². The highest BCUT2D eigenvalue weighted by Gasteiger charge is 2.35. The highest BCUT2D eigenvalue weighted by molar-refractivity contribution is 9.10. The smallest absolute Gasteiger partial charge is 0.228 e. The van der Waals surface area contributed by atoms with Gasteiger partial charge in [-0.2, -0.15) is 0 Å². The number of hydrogen-bond donors (Lipinski definition) is 0. The van der Waals surface area contributed by atoms with Crippen LogP contribution < -0.4 is 0 Å².